The van der Waals surface area contributed by atoms with Gasteiger partial charge in [-0.2, -0.15) is 0 Å². The number of phosphoric ester groups is 1. The Hall–Kier alpha value is -1.73. The van der Waals surface area contributed by atoms with Crippen molar-refractivity contribution in [3.8, 4) is 0 Å². The molecule has 43 heavy (non-hydrogen) atoms. The highest BCUT2D eigenvalue weighted by molar-refractivity contribution is 7.46. The van der Waals surface area contributed by atoms with Gasteiger partial charge >= 0.3 is 19.8 Å². The quantitative estimate of drug-likeness (QED) is 0.0349. The summed E-state index contributed by atoms with van der Waals surface area (Å²) in [5.41, 5.74) is 0. The molecule has 0 aliphatic rings. The Morgan fingerprint density at radius 1 is 0.605 bits per heavy atom. The van der Waals surface area contributed by atoms with Crippen molar-refractivity contribution in [3.63, 3.8) is 0 Å². The molecule has 0 saturated carbocycles. The van der Waals surface area contributed by atoms with E-state index in [1.807, 2.05) is 0 Å². The summed E-state index contributed by atoms with van der Waals surface area (Å²) in [7, 11) is -4.75. The van der Waals surface area contributed by atoms with Crippen LogP contribution in [-0.4, -0.2) is 41.0 Å². The molecule has 1 unspecified atom stereocenters. The molecule has 250 valence electrons. The van der Waals surface area contributed by atoms with E-state index in [2.05, 4.69) is 54.8 Å². The SMILES string of the molecule is CCC/C=C\CCCCCCCC(=O)OCC(COP(=O)(O)O)OC(=O)CCCCCCC/C=C\C/C=C\CCCCC. The van der Waals surface area contributed by atoms with Gasteiger partial charge in [-0.3, -0.25) is 14.1 Å². The predicted molar refractivity (Wildman–Crippen MR) is 175 cm³/mol. The van der Waals surface area contributed by atoms with Crippen LogP contribution in [-0.2, 0) is 28.2 Å². The molecule has 0 rings (SSSR count). The molecule has 0 aliphatic carbocycles. The first-order chi connectivity index (χ1) is 20.8. The van der Waals surface area contributed by atoms with Crippen molar-refractivity contribution in [1.29, 1.82) is 0 Å². The molecule has 9 heteroatoms. The maximum atomic E-state index is 12.3. The van der Waals surface area contributed by atoms with Gasteiger partial charge in [0.2, 0.25) is 0 Å². The number of allylic oxidation sites excluding steroid dienone is 6. The van der Waals surface area contributed by atoms with Gasteiger partial charge in [0.15, 0.2) is 6.10 Å². The first-order valence-corrected chi connectivity index (χ1v) is 18.3. The minimum atomic E-state index is -4.75. The number of phosphoric acid groups is 1. The summed E-state index contributed by atoms with van der Waals surface area (Å²) in [6, 6.07) is 0. The van der Waals surface area contributed by atoms with Crippen LogP contribution in [0.5, 0.6) is 0 Å². The molecule has 0 fully saturated rings. The molecule has 0 spiro atoms. The van der Waals surface area contributed by atoms with E-state index in [1.54, 1.807) is 0 Å². The summed E-state index contributed by atoms with van der Waals surface area (Å²) in [5, 5.41) is 0. The van der Waals surface area contributed by atoms with Crippen LogP contribution in [0.1, 0.15) is 149 Å². The van der Waals surface area contributed by atoms with Crippen LogP contribution in [0.4, 0.5) is 0 Å². The highest BCUT2D eigenvalue weighted by atomic mass is 31.2. The molecule has 0 aromatic heterocycles. The third kappa shape index (κ3) is 33.0. The summed E-state index contributed by atoms with van der Waals surface area (Å²) < 4.78 is 26.2. The Morgan fingerprint density at radius 3 is 1.65 bits per heavy atom. The molecule has 0 amide bonds. The minimum Gasteiger partial charge on any atom is -0.462 e. The molecule has 0 radical (unpaired) electrons. The lowest BCUT2D eigenvalue weighted by molar-refractivity contribution is -0.161. The van der Waals surface area contributed by atoms with Gasteiger partial charge in [-0.15, -0.1) is 0 Å². The number of hydrogen-bond donors (Lipinski definition) is 2. The van der Waals surface area contributed by atoms with Gasteiger partial charge < -0.3 is 19.3 Å². The van der Waals surface area contributed by atoms with E-state index in [-0.39, 0.29) is 19.4 Å². The van der Waals surface area contributed by atoms with Crippen LogP contribution in [0.2, 0.25) is 0 Å². The van der Waals surface area contributed by atoms with Crippen molar-refractivity contribution in [2.45, 2.75) is 155 Å². The van der Waals surface area contributed by atoms with E-state index >= 15 is 0 Å². The van der Waals surface area contributed by atoms with Gasteiger partial charge in [0, 0.05) is 12.8 Å². The van der Waals surface area contributed by atoms with Gasteiger partial charge in [-0.1, -0.05) is 108 Å². The zero-order valence-electron chi connectivity index (χ0n) is 27.1. The number of rotatable bonds is 30. The van der Waals surface area contributed by atoms with Gasteiger partial charge in [0.25, 0.3) is 0 Å². The first-order valence-electron chi connectivity index (χ1n) is 16.8. The van der Waals surface area contributed by atoms with Gasteiger partial charge in [-0.05, 0) is 64.2 Å². The average molecular weight is 629 g/mol. The van der Waals surface area contributed by atoms with Gasteiger partial charge in [0.1, 0.15) is 6.61 Å². The molecular weight excluding hydrogens is 567 g/mol. The summed E-state index contributed by atoms with van der Waals surface area (Å²) >= 11 is 0. The topological polar surface area (TPSA) is 119 Å². The summed E-state index contributed by atoms with van der Waals surface area (Å²) in [4.78, 5) is 42.5. The fraction of sp³-hybridized carbons (Fsp3) is 0.765. The first kappa shape index (κ1) is 41.3. The predicted octanol–water partition coefficient (Wildman–Crippen LogP) is 9.45. The number of carbonyl (C=O) groups excluding carboxylic acids is 2. The van der Waals surface area contributed by atoms with Crippen molar-refractivity contribution < 1.29 is 37.9 Å². The van der Waals surface area contributed by atoms with Crippen molar-refractivity contribution in [2.24, 2.45) is 0 Å². The zero-order chi connectivity index (χ0) is 31.9. The van der Waals surface area contributed by atoms with Crippen LogP contribution in [0.15, 0.2) is 36.5 Å². The highest BCUT2D eigenvalue weighted by Gasteiger charge is 2.22. The zero-order valence-corrected chi connectivity index (χ0v) is 28.0. The van der Waals surface area contributed by atoms with E-state index in [4.69, 9.17) is 19.3 Å². The molecule has 0 saturated heterocycles. The molecule has 0 aromatic rings. The van der Waals surface area contributed by atoms with Crippen molar-refractivity contribution in [2.75, 3.05) is 13.2 Å². The summed E-state index contributed by atoms with van der Waals surface area (Å²) in [6.07, 6.45) is 33.0. The average Bonchev–Trinajstić information content (AvgIpc) is 2.97. The van der Waals surface area contributed by atoms with E-state index in [9.17, 15) is 14.2 Å². The van der Waals surface area contributed by atoms with Gasteiger partial charge in [-0.25, -0.2) is 4.57 Å². The number of ether oxygens (including phenoxy) is 2. The lowest BCUT2D eigenvalue weighted by atomic mass is 10.1. The van der Waals surface area contributed by atoms with Crippen LogP contribution in [0.3, 0.4) is 0 Å². The maximum Gasteiger partial charge on any atom is 0.469 e. The molecule has 8 nitrogen and oxygen atoms in total. The number of esters is 2. The molecular formula is C34H61O8P. The normalized spacial score (nSPS) is 12.9. The smallest absolute Gasteiger partial charge is 0.462 e. The largest absolute Gasteiger partial charge is 0.469 e. The van der Waals surface area contributed by atoms with E-state index in [1.165, 1.54) is 32.1 Å². The van der Waals surface area contributed by atoms with Gasteiger partial charge in [0.05, 0.1) is 6.61 Å². The lowest BCUT2D eigenvalue weighted by Crippen LogP contribution is -2.29. The second-order valence-corrected chi connectivity index (χ2v) is 12.4. The Bertz CT molecular complexity index is 802. The Kier molecular flexibility index (Phi) is 29.1. The Morgan fingerprint density at radius 2 is 1.09 bits per heavy atom. The van der Waals surface area contributed by atoms with Crippen LogP contribution in [0.25, 0.3) is 0 Å². The summed E-state index contributed by atoms with van der Waals surface area (Å²) in [6.45, 7) is 3.54. The second kappa shape index (κ2) is 30.3. The lowest BCUT2D eigenvalue weighted by Gasteiger charge is -2.18. The summed E-state index contributed by atoms with van der Waals surface area (Å²) in [5.74, 6) is -0.918. The second-order valence-electron chi connectivity index (χ2n) is 11.1. The number of hydrogen-bond acceptors (Lipinski definition) is 6. The van der Waals surface area contributed by atoms with E-state index in [0.717, 1.165) is 77.0 Å². The number of carbonyl (C=O) groups is 2. The monoisotopic (exact) mass is 628 g/mol. The van der Waals surface area contributed by atoms with E-state index < -0.39 is 32.5 Å². The fourth-order valence-electron chi connectivity index (χ4n) is 4.34. The minimum absolute atomic E-state index is 0.194. The molecule has 0 aliphatic heterocycles. The number of unbranched alkanes of at least 4 members (excludes halogenated alkanes) is 14. The van der Waals surface area contributed by atoms with Crippen LogP contribution in [0, 0.1) is 0 Å². The Balaban J connectivity index is 4.06. The van der Waals surface area contributed by atoms with Crippen molar-refractivity contribution in [1.82, 2.24) is 0 Å². The third-order valence-electron chi connectivity index (χ3n) is 6.86. The Labute approximate surface area is 262 Å². The van der Waals surface area contributed by atoms with Crippen LogP contribution < -0.4 is 0 Å². The van der Waals surface area contributed by atoms with E-state index in [0.29, 0.717) is 12.8 Å². The van der Waals surface area contributed by atoms with Crippen LogP contribution >= 0.6 is 7.82 Å². The highest BCUT2D eigenvalue weighted by Crippen LogP contribution is 2.35. The molecule has 2 N–H and O–H groups in total. The van der Waals surface area contributed by atoms with Crippen molar-refractivity contribution >= 4 is 19.8 Å². The molecule has 0 bridgehead atoms. The maximum absolute atomic E-state index is 12.3. The fourth-order valence-corrected chi connectivity index (χ4v) is 4.70. The molecule has 1 atom stereocenters. The molecule has 0 aromatic carbocycles. The molecule has 0 heterocycles. The third-order valence-corrected chi connectivity index (χ3v) is 7.35. The standard InChI is InChI=1S/C34H61O8P/c1-3-5-7-9-11-13-15-16-17-18-19-21-23-25-27-29-34(36)42-32(31-41-43(37,38)39)30-40-33(35)28-26-24-22-20-14-12-10-8-6-4-2/h8,10-11,13,16-17,32H,3-7,9,12,14-15,18-31H2,1-2H3,(H2,37,38,39)/b10-8-,13-11-,17-16-. The van der Waals surface area contributed by atoms with Crippen molar-refractivity contribution in [3.05, 3.63) is 36.5 Å².